The van der Waals surface area contributed by atoms with E-state index in [0.717, 1.165) is 44.7 Å². The lowest BCUT2D eigenvalue weighted by molar-refractivity contribution is -0.137. The van der Waals surface area contributed by atoms with Crippen LogP contribution in [-0.2, 0) is 16.0 Å². The molecule has 0 N–H and O–H groups in total. The summed E-state index contributed by atoms with van der Waals surface area (Å²) < 4.78 is 10.6. The number of rotatable bonds is 7. The highest BCUT2D eigenvalue weighted by Crippen LogP contribution is 2.28. The van der Waals surface area contributed by atoms with Crippen molar-refractivity contribution in [2.45, 2.75) is 19.8 Å². The first-order valence-corrected chi connectivity index (χ1v) is 10.1. The van der Waals surface area contributed by atoms with E-state index in [2.05, 4.69) is 11.8 Å². The molecule has 0 aliphatic carbocycles. The molecule has 0 radical (unpaired) electrons. The maximum absolute atomic E-state index is 12.8. The zero-order chi connectivity index (χ0) is 20.1. The molecule has 7 nitrogen and oxygen atoms in total. The summed E-state index contributed by atoms with van der Waals surface area (Å²) in [5.74, 6) is 1.39. The van der Waals surface area contributed by atoms with E-state index in [1.807, 2.05) is 28.0 Å². The van der Waals surface area contributed by atoms with Crippen molar-refractivity contribution in [1.29, 1.82) is 0 Å². The fourth-order valence-electron chi connectivity index (χ4n) is 4.00. The summed E-state index contributed by atoms with van der Waals surface area (Å²) in [5.41, 5.74) is 1.08. The number of nitrogens with zero attached hydrogens (tertiary/aromatic N) is 3. The van der Waals surface area contributed by atoms with Crippen LogP contribution in [0.15, 0.2) is 18.2 Å². The van der Waals surface area contributed by atoms with Gasteiger partial charge in [-0.1, -0.05) is 13.0 Å². The van der Waals surface area contributed by atoms with Crippen LogP contribution in [0.2, 0.25) is 0 Å². The van der Waals surface area contributed by atoms with E-state index in [9.17, 15) is 9.59 Å². The van der Waals surface area contributed by atoms with Crippen LogP contribution in [0, 0.1) is 5.92 Å². The Bertz CT molecular complexity index is 701. The molecule has 28 heavy (non-hydrogen) atoms. The van der Waals surface area contributed by atoms with Crippen LogP contribution in [0.4, 0.5) is 0 Å². The van der Waals surface area contributed by atoms with Gasteiger partial charge in [-0.05, 0) is 30.7 Å². The highest BCUT2D eigenvalue weighted by molar-refractivity contribution is 5.89. The quantitative estimate of drug-likeness (QED) is 0.703. The normalized spacial score (nSPS) is 20.5. The summed E-state index contributed by atoms with van der Waals surface area (Å²) in [6, 6.07) is 5.80. The predicted molar refractivity (Wildman–Crippen MR) is 107 cm³/mol. The number of hydrogen-bond donors (Lipinski definition) is 0. The average Bonchev–Trinajstić information content (AvgIpc) is 3.12. The summed E-state index contributed by atoms with van der Waals surface area (Å²) in [5, 5.41) is 0. The number of likely N-dealkylation sites (tertiary alicyclic amines) is 1. The van der Waals surface area contributed by atoms with E-state index >= 15 is 0 Å². The highest BCUT2D eigenvalue weighted by Gasteiger charge is 2.36. The minimum Gasteiger partial charge on any atom is -0.493 e. The molecule has 1 aromatic carbocycles. The number of ether oxygens (including phenoxy) is 2. The zero-order valence-electron chi connectivity index (χ0n) is 17.1. The zero-order valence-corrected chi connectivity index (χ0v) is 17.1. The largest absolute Gasteiger partial charge is 0.493 e. The molecule has 3 rings (SSSR count). The SMILES string of the molecule is CCN1CCN(C(=O)[C@@H]2CC(=O)N(CCc3ccc(OC)c(OC)c3)C2)CC1. The van der Waals surface area contributed by atoms with Gasteiger partial charge in [0.15, 0.2) is 11.5 Å². The smallest absolute Gasteiger partial charge is 0.228 e. The van der Waals surface area contributed by atoms with Gasteiger partial charge in [0.05, 0.1) is 20.1 Å². The van der Waals surface area contributed by atoms with Crippen molar-refractivity contribution in [1.82, 2.24) is 14.7 Å². The molecule has 0 bridgehead atoms. The number of amides is 2. The fourth-order valence-corrected chi connectivity index (χ4v) is 4.00. The highest BCUT2D eigenvalue weighted by atomic mass is 16.5. The molecule has 1 atom stereocenters. The molecule has 2 aliphatic rings. The number of hydrogen-bond acceptors (Lipinski definition) is 5. The van der Waals surface area contributed by atoms with Gasteiger partial charge in [0.1, 0.15) is 0 Å². The third-order valence-corrected chi connectivity index (χ3v) is 5.81. The van der Waals surface area contributed by atoms with Gasteiger partial charge in [0.25, 0.3) is 0 Å². The Hall–Kier alpha value is -2.28. The lowest BCUT2D eigenvalue weighted by atomic mass is 10.1. The number of piperazine rings is 1. The summed E-state index contributed by atoms with van der Waals surface area (Å²) in [7, 11) is 3.22. The van der Waals surface area contributed by atoms with E-state index in [-0.39, 0.29) is 17.7 Å². The third kappa shape index (κ3) is 4.58. The average molecular weight is 389 g/mol. The molecular formula is C21H31N3O4. The second-order valence-corrected chi connectivity index (χ2v) is 7.44. The number of likely N-dealkylation sites (N-methyl/N-ethyl adjacent to an activating group) is 1. The predicted octanol–water partition coefficient (Wildman–Crippen LogP) is 1.26. The van der Waals surface area contributed by atoms with Crippen molar-refractivity contribution < 1.29 is 19.1 Å². The summed E-state index contributed by atoms with van der Waals surface area (Å²) in [6.45, 7) is 7.68. The minimum absolute atomic E-state index is 0.0750. The van der Waals surface area contributed by atoms with Gasteiger partial charge in [0.2, 0.25) is 11.8 Å². The van der Waals surface area contributed by atoms with Crippen LogP contribution in [-0.4, -0.2) is 86.5 Å². The van der Waals surface area contributed by atoms with Crippen LogP contribution in [0.1, 0.15) is 18.9 Å². The molecule has 154 valence electrons. The number of carbonyl (C=O) groups is 2. The first kappa shape index (κ1) is 20.5. The lowest BCUT2D eigenvalue weighted by Crippen LogP contribution is -2.50. The maximum atomic E-state index is 12.8. The molecule has 2 heterocycles. The van der Waals surface area contributed by atoms with Crippen LogP contribution in [0.5, 0.6) is 11.5 Å². The second-order valence-electron chi connectivity index (χ2n) is 7.44. The van der Waals surface area contributed by atoms with Crippen molar-refractivity contribution in [2.24, 2.45) is 5.92 Å². The molecule has 7 heteroatoms. The monoisotopic (exact) mass is 389 g/mol. The summed E-state index contributed by atoms with van der Waals surface area (Å²) >= 11 is 0. The Balaban J connectivity index is 1.53. The van der Waals surface area contributed by atoms with Gasteiger partial charge < -0.3 is 24.2 Å². The van der Waals surface area contributed by atoms with Crippen molar-refractivity contribution in [3.05, 3.63) is 23.8 Å². The van der Waals surface area contributed by atoms with E-state index in [0.29, 0.717) is 31.0 Å². The standard InChI is InChI=1S/C21H31N3O4/c1-4-22-9-11-23(12-10-22)21(26)17-14-20(25)24(15-17)8-7-16-5-6-18(27-2)19(13-16)28-3/h5-6,13,17H,4,7-12,14-15H2,1-3H3/t17-/m1/s1. The Morgan fingerprint density at radius 2 is 1.82 bits per heavy atom. The van der Waals surface area contributed by atoms with Crippen molar-refractivity contribution in [2.75, 3.05) is 60.0 Å². The number of benzene rings is 1. The summed E-state index contributed by atoms with van der Waals surface area (Å²) in [6.07, 6.45) is 1.06. The fraction of sp³-hybridized carbons (Fsp3) is 0.619. The van der Waals surface area contributed by atoms with Gasteiger partial charge >= 0.3 is 0 Å². The van der Waals surface area contributed by atoms with E-state index in [1.165, 1.54) is 0 Å². The van der Waals surface area contributed by atoms with Gasteiger partial charge in [0, 0.05) is 45.7 Å². The molecule has 2 amide bonds. The van der Waals surface area contributed by atoms with Gasteiger partial charge in [-0.3, -0.25) is 9.59 Å². The first-order chi connectivity index (χ1) is 13.5. The van der Waals surface area contributed by atoms with Gasteiger partial charge in [-0.15, -0.1) is 0 Å². The number of carbonyl (C=O) groups excluding carboxylic acids is 2. The molecule has 2 saturated heterocycles. The van der Waals surface area contributed by atoms with Crippen LogP contribution in [0.25, 0.3) is 0 Å². The van der Waals surface area contributed by atoms with Crippen molar-refractivity contribution >= 4 is 11.8 Å². The molecule has 0 saturated carbocycles. The minimum atomic E-state index is -0.203. The molecule has 0 aromatic heterocycles. The molecular weight excluding hydrogens is 358 g/mol. The Kier molecular flexibility index (Phi) is 6.78. The first-order valence-electron chi connectivity index (χ1n) is 10.1. The van der Waals surface area contributed by atoms with Crippen molar-refractivity contribution in [3.63, 3.8) is 0 Å². The lowest BCUT2D eigenvalue weighted by Gasteiger charge is -2.35. The maximum Gasteiger partial charge on any atom is 0.228 e. The molecule has 2 aliphatic heterocycles. The third-order valence-electron chi connectivity index (χ3n) is 5.81. The van der Waals surface area contributed by atoms with Gasteiger partial charge in [-0.2, -0.15) is 0 Å². The molecule has 1 aromatic rings. The molecule has 0 unspecified atom stereocenters. The Morgan fingerprint density at radius 1 is 1.11 bits per heavy atom. The van der Waals surface area contributed by atoms with E-state index < -0.39 is 0 Å². The Morgan fingerprint density at radius 3 is 2.46 bits per heavy atom. The molecule has 2 fully saturated rings. The van der Waals surface area contributed by atoms with Crippen LogP contribution >= 0.6 is 0 Å². The van der Waals surface area contributed by atoms with E-state index in [4.69, 9.17) is 9.47 Å². The topological polar surface area (TPSA) is 62.3 Å². The second kappa shape index (κ2) is 9.28. The number of methoxy groups -OCH3 is 2. The summed E-state index contributed by atoms with van der Waals surface area (Å²) in [4.78, 5) is 31.3. The van der Waals surface area contributed by atoms with Crippen molar-refractivity contribution in [3.8, 4) is 11.5 Å². The Labute approximate surface area is 167 Å². The van der Waals surface area contributed by atoms with Gasteiger partial charge in [-0.25, -0.2) is 0 Å². The molecule has 0 spiro atoms. The van der Waals surface area contributed by atoms with E-state index in [1.54, 1.807) is 14.2 Å². The van der Waals surface area contributed by atoms with Crippen LogP contribution in [0.3, 0.4) is 0 Å². The van der Waals surface area contributed by atoms with Crippen LogP contribution < -0.4 is 9.47 Å².